The van der Waals surface area contributed by atoms with E-state index in [1.54, 1.807) is 18.5 Å². The Balaban J connectivity index is 1.53. The second-order valence-electron chi connectivity index (χ2n) is 6.44. The molecular weight excluding hydrogens is 326 g/mol. The topological polar surface area (TPSA) is 54.5 Å². The Morgan fingerprint density at radius 3 is 2.92 bits per heavy atom. The molecule has 26 heavy (non-hydrogen) atoms. The highest BCUT2D eigenvalue weighted by atomic mass is 16.5. The maximum atomic E-state index is 12.4. The Morgan fingerprint density at radius 2 is 2.19 bits per heavy atom. The zero-order valence-electron chi connectivity index (χ0n) is 15.1. The number of hydrogen-bond donors (Lipinski definition) is 1. The molecule has 2 heterocycles. The summed E-state index contributed by atoms with van der Waals surface area (Å²) in [6.07, 6.45) is 9.22. The number of pyridine rings is 1. The maximum Gasteiger partial charge on any atom is 0.246 e. The molecule has 0 bridgehead atoms. The summed E-state index contributed by atoms with van der Waals surface area (Å²) in [6.45, 7) is 2.18. The Hall–Kier alpha value is -2.66. The number of likely N-dealkylation sites (tertiary alicyclic amines) is 1. The number of ether oxygens (including phenoxy) is 1. The molecule has 1 aromatic carbocycles. The van der Waals surface area contributed by atoms with Gasteiger partial charge < -0.3 is 15.0 Å². The van der Waals surface area contributed by atoms with Crippen molar-refractivity contribution >= 4 is 12.0 Å². The lowest BCUT2D eigenvalue weighted by atomic mass is 10.2. The van der Waals surface area contributed by atoms with Gasteiger partial charge in [0, 0.05) is 43.2 Å². The van der Waals surface area contributed by atoms with Crippen LogP contribution < -0.4 is 10.1 Å². The van der Waals surface area contributed by atoms with Gasteiger partial charge in [-0.15, -0.1) is 0 Å². The predicted molar refractivity (Wildman–Crippen MR) is 103 cm³/mol. The summed E-state index contributed by atoms with van der Waals surface area (Å²) in [5.41, 5.74) is 2.01. The fraction of sp³-hybridized carbons (Fsp3) is 0.333. The molecule has 3 rings (SSSR count). The molecule has 1 aromatic heterocycles. The van der Waals surface area contributed by atoms with Crippen LogP contribution in [0.1, 0.15) is 24.0 Å². The molecule has 0 aliphatic carbocycles. The van der Waals surface area contributed by atoms with Crippen molar-refractivity contribution in [1.29, 1.82) is 0 Å². The van der Waals surface area contributed by atoms with Gasteiger partial charge in [0.05, 0.1) is 0 Å². The fourth-order valence-electron chi connectivity index (χ4n) is 3.16. The summed E-state index contributed by atoms with van der Waals surface area (Å²) in [6, 6.07) is 11.9. The predicted octanol–water partition coefficient (Wildman–Crippen LogP) is 2.88. The van der Waals surface area contributed by atoms with Gasteiger partial charge in [-0.1, -0.05) is 18.2 Å². The lowest BCUT2D eigenvalue weighted by Gasteiger charge is -2.23. The summed E-state index contributed by atoms with van der Waals surface area (Å²) in [5, 5.41) is 3.16. The molecule has 5 nitrogen and oxygen atoms in total. The van der Waals surface area contributed by atoms with E-state index in [0.29, 0.717) is 12.6 Å². The second kappa shape index (κ2) is 9.15. The largest absolute Gasteiger partial charge is 0.489 e. The average Bonchev–Trinajstić information content (AvgIpc) is 3.15. The van der Waals surface area contributed by atoms with Crippen molar-refractivity contribution in [1.82, 2.24) is 15.2 Å². The van der Waals surface area contributed by atoms with Crippen LogP contribution in [0.3, 0.4) is 0 Å². The van der Waals surface area contributed by atoms with Crippen molar-refractivity contribution in [3.8, 4) is 5.75 Å². The van der Waals surface area contributed by atoms with Gasteiger partial charge in [0.15, 0.2) is 0 Å². The van der Waals surface area contributed by atoms with Crippen LogP contribution in [-0.2, 0) is 11.4 Å². The minimum absolute atomic E-state index is 0.0830. The SMILES string of the molecule is CNCC1CCCN1C(=O)C=Cc1ccc(OCc2cccnc2)cc1. The molecule has 1 aliphatic rings. The maximum absolute atomic E-state index is 12.4. The number of amides is 1. The first-order chi connectivity index (χ1) is 12.8. The minimum atomic E-state index is 0.0830. The quantitative estimate of drug-likeness (QED) is 0.780. The van der Waals surface area contributed by atoms with Gasteiger partial charge in [-0.3, -0.25) is 9.78 Å². The molecule has 5 heteroatoms. The number of benzene rings is 1. The van der Waals surface area contributed by atoms with Crippen LogP contribution in [-0.4, -0.2) is 42.0 Å². The summed E-state index contributed by atoms with van der Waals surface area (Å²) < 4.78 is 5.75. The standard InChI is InChI=1S/C21H25N3O2/c1-22-15-19-5-3-13-24(19)21(25)11-8-17-6-9-20(10-7-17)26-16-18-4-2-12-23-14-18/h2,4,6-12,14,19,22H,3,5,13,15-16H2,1H3. The van der Waals surface area contributed by atoms with Crippen LogP contribution in [0.25, 0.3) is 6.08 Å². The van der Waals surface area contributed by atoms with Crippen LogP contribution >= 0.6 is 0 Å². The van der Waals surface area contributed by atoms with Crippen LogP contribution in [0.2, 0.25) is 0 Å². The number of nitrogens with zero attached hydrogens (tertiary/aromatic N) is 2. The zero-order chi connectivity index (χ0) is 18.2. The zero-order valence-corrected chi connectivity index (χ0v) is 15.1. The summed E-state index contributed by atoms with van der Waals surface area (Å²) >= 11 is 0. The normalized spacial score (nSPS) is 17.0. The summed E-state index contributed by atoms with van der Waals surface area (Å²) in [7, 11) is 1.93. The van der Waals surface area contributed by atoms with E-state index in [9.17, 15) is 4.79 Å². The molecule has 1 N–H and O–H groups in total. The van der Waals surface area contributed by atoms with Crippen LogP contribution in [0.15, 0.2) is 54.9 Å². The van der Waals surface area contributed by atoms with Gasteiger partial charge in [-0.2, -0.15) is 0 Å². The van der Waals surface area contributed by atoms with E-state index >= 15 is 0 Å². The molecule has 0 spiro atoms. The third-order valence-electron chi connectivity index (χ3n) is 4.53. The van der Waals surface area contributed by atoms with Crippen LogP contribution in [0, 0.1) is 0 Å². The number of nitrogens with one attached hydrogen (secondary N) is 1. The Morgan fingerprint density at radius 1 is 1.35 bits per heavy atom. The molecular formula is C21H25N3O2. The molecule has 0 saturated carbocycles. The molecule has 1 atom stereocenters. The van der Waals surface area contributed by atoms with Gasteiger partial charge in [-0.25, -0.2) is 0 Å². The van der Waals surface area contributed by atoms with Crippen molar-refractivity contribution in [2.45, 2.75) is 25.5 Å². The van der Waals surface area contributed by atoms with Gasteiger partial charge in [0.1, 0.15) is 12.4 Å². The van der Waals surface area contributed by atoms with E-state index in [-0.39, 0.29) is 5.91 Å². The Bertz CT molecular complexity index is 729. The van der Waals surface area contributed by atoms with Crippen molar-refractivity contribution in [3.63, 3.8) is 0 Å². The third kappa shape index (κ3) is 4.92. The molecule has 1 amide bonds. The number of hydrogen-bond acceptors (Lipinski definition) is 4. The minimum Gasteiger partial charge on any atom is -0.489 e. The van der Waals surface area contributed by atoms with E-state index in [2.05, 4.69) is 10.3 Å². The molecule has 1 aliphatic heterocycles. The highest BCUT2D eigenvalue weighted by Crippen LogP contribution is 2.18. The number of rotatable bonds is 7. The lowest BCUT2D eigenvalue weighted by molar-refractivity contribution is -0.126. The highest BCUT2D eigenvalue weighted by Gasteiger charge is 2.26. The molecule has 1 fully saturated rings. The number of likely N-dealkylation sites (N-methyl/N-ethyl adjacent to an activating group) is 1. The van der Waals surface area contributed by atoms with Crippen molar-refractivity contribution in [3.05, 3.63) is 66.0 Å². The number of aromatic nitrogens is 1. The van der Waals surface area contributed by atoms with Gasteiger partial charge >= 0.3 is 0 Å². The summed E-state index contributed by atoms with van der Waals surface area (Å²) in [5.74, 6) is 0.880. The van der Waals surface area contributed by atoms with E-state index in [0.717, 1.165) is 42.8 Å². The monoisotopic (exact) mass is 351 g/mol. The smallest absolute Gasteiger partial charge is 0.246 e. The molecule has 0 radical (unpaired) electrons. The first-order valence-electron chi connectivity index (χ1n) is 9.01. The number of carbonyl (C=O) groups is 1. The molecule has 1 saturated heterocycles. The van der Waals surface area contributed by atoms with E-state index in [1.165, 1.54) is 0 Å². The lowest BCUT2D eigenvalue weighted by Crippen LogP contribution is -2.39. The molecule has 136 valence electrons. The van der Waals surface area contributed by atoms with E-state index in [1.807, 2.05) is 54.4 Å². The van der Waals surface area contributed by atoms with Gasteiger partial charge in [0.2, 0.25) is 5.91 Å². The van der Waals surface area contributed by atoms with E-state index in [4.69, 9.17) is 4.74 Å². The fourth-order valence-corrected chi connectivity index (χ4v) is 3.16. The second-order valence-corrected chi connectivity index (χ2v) is 6.44. The first kappa shape index (κ1) is 18.1. The Labute approximate surface area is 154 Å². The number of carbonyl (C=O) groups excluding carboxylic acids is 1. The van der Waals surface area contributed by atoms with Crippen LogP contribution in [0.4, 0.5) is 0 Å². The molecule has 2 aromatic rings. The van der Waals surface area contributed by atoms with Crippen molar-refractivity contribution in [2.75, 3.05) is 20.1 Å². The van der Waals surface area contributed by atoms with Crippen LogP contribution in [0.5, 0.6) is 5.75 Å². The summed E-state index contributed by atoms with van der Waals surface area (Å²) in [4.78, 5) is 18.4. The van der Waals surface area contributed by atoms with Crippen molar-refractivity contribution < 1.29 is 9.53 Å². The van der Waals surface area contributed by atoms with E-state index < -0.39 is 0 Å². The van der Waals surface area contributed by atoms with Crippen molar-refractivity contribution in [2.24, 2.45) is 0 Å². The average molecular weight is 351 g/mol. The highest BCUT2D eigenvalue weighted by molar-refractivity contribution is 5.92. The third-order valence-corrected chi connectivity index (χ3v) is 4.53. The van der Waals surface area contributed by atoms with Gasteiger partial charge in [0.25, 0.3) is 0 Å². The first-order valence-corrected chi connectivity index (χ1v) is 9.01. The molecule has 1 unspecified atom stereocenters. The Kier molecular flexibility index (Phi) is 6.39. The van der Waals surface area contributed by atoms with Gasteiger partial charge in [-0.05, 0) is 49.7 Å².